The van der Waals surface area contributed by atoms with E-state index in [1.165, 1.54) is 12.8 Å². The zero-order valence-electron chi connectivity index (χ0n) is 9.96. The molecule has 2 aliphatic heterocycles. The topological polar surface area (TPSA) is 24.5 Å². The van der Waals surface area contributed by atoms with Gasteiger partial charge in [0.2, 0.25) is 0 Å². The SMILES string of the molecule is Cl.FC(F)COCCN1CCC2(CCNC2)C1. The molecule has 1 unspecified atom stereocenters. The summed E-state index contributed by atoms with van der Waals surface area (Å²) in [5.41, 5.74) is 0.461. The minimum Gasteiger partial charge on any atom is -0.374 e. The zero-order valence-corrected chi connectivity index (χ0v) is 10.8. The number of ether oxygens (including phenoxy) is 1. The Morgan fingerprint density at radius 2 is 2.18 bits per heavy atom. The van der Waals surface area contributed by atoms with Gasteiger partial charge in [-0.25, -0.2) is 8.78 Å². The van der Waals surface area contributed by atoms with E-state index in [2.05, 4.69) is 10.2 Å². The minimum atomic E-state index is -2.34. The molecule has 0 aromatic carbocycles. The fraction of sp³-hybridized carbons (Fsp3) is 1.00. The number of nitrogens with one attached hydrogen (secondary N) is 1. The molecule has 0 aliphatic carbocycles. The lowest BCUT2D eigenvalue weighted by Crippen LogP contribution is -2.31. The Morgan fingerprint density at radius 3 is 2.82 bits per heavy atom. The van der Waals surface area contributed by atoms with E-state index in [0.29, 0.717) is 12.0 Å². The Balaban J connectivity index is 0.00000144. The first-order chi connectivity index (χ1) is 7.70. The van der Waals surface area contributed by atoms with Crippen LogP contribution in [0.4, 0.5) is 8.78 Å². The number of nitrogens with zero attached hydrogens (tertiary/aromatic N) is 1. The van der Waals surface area contributed by atoms with Crippen molar-refractivity contribution in [2.75, 3.05) is 45.9 Å². The summed E-state index contributed by atoms with van der Waals surface area (Å²) in [6.07, 6.45) is 0.139. The van der Waals surface area contributed by atoms with Gasteiger partial charge in [0.05, 0.1) is 6.61 Å². The molecule has 102 valence electrons. The lowest BCUT2D eigenvalue weighted by molar-refractivity contribution is 0.0108. The molecule has 2 heterocycles. The molecule has 1 atom stereocenters. The van der Waals surface area contributed by atoms with Gasteiger partial charge < -0.3 is 15.0 Å². The van der Waals surface area contributed by atoms with E-state index in [1.807, 2.05) is 0 Å². The number of halogens is 3. The number of alkyl halides is 2. The van der Waals surface area contributed by atoms with Crippen molar-refractivity contribution in [2.24, 2.45) is 5.41 Å². The van der Waals surface area contributed by atoms with Gasteiger partial charge in [0, 0.05) is 19.6 Å². The Labute approximate surface area is 107 Å². The largest absolute Gasteiger partial charge is 0.374 e. The van der Waals surface area contributed by atoms with Crippen LogP contribution in [0.15, 0.2) is 0 Å². The second-order valence-corrected chi connectivity index (χ2v) is 4.92. The summed E-state index contributed by atoms with van der Waals surface area (Å²) in [6.45, 7) is 5.19. The maximum absolute atomic E-state index is 11.8. The first-order valence-electron chi connectivity index (χ1n) is 5.99. The predicted octanol–water partition coefficient (Wildman–Crippen LogP) is 1.38. The molecular weight excluding hydrogens is 250 g/mol. The van der Waals surface area contributed by atoms with E-state index in [1.54, 1.807) is 0 Å². The smallest absolute Gasteiger partial charge is 0.261 e. The molecule has 2 aliphatic rings. The normalized spacial score (nSPS) is 29.1. The molecule has 0 radical (unpaired) electrons. The van der Waals surface area contributed by atoms with Gasteiger partial charge in [-0.05, 0) is 31.3 Å². The molecular formula is C11H21ClF2N2O. The highest BCUT2D eigenvalue weighted by molar-refractivity contribution is 5.85. The molecule has 17 heavy (non-hydrogen) atoms. The van der Waals surface area contributed by atoms with Gasteiger partial charge in [-0.1, -0.05) is 0 Å². The molecule has 1 spiro atoms. The van der Waals surface area contributed by atoms with Crippen molar-refractivity contribution < 1.29 is 13.5 Å². The Morgan fingerprint density at radius 1 is 1.35 bits per heavy atom. The molecule has 2 fully saturated rings. The van der Waals surface area contributed by atoms with Crippen molar-refractivity contribution in [1.29, 1.82) is 0 Å². The van der Waals surface area contributed by atoms with Crippen LogP contribution in [-0.2, 0) is 4.74 Å². The van der Waals surface area contributed by atoms with Crippen LogP contribution in [0.3, 0.4) is 0 Å². The van der Waals surface area contributed by atoms with Crippen LogP contribution in [0.5, 0.6) is 0 Å². The van der Waals surface area contributed by atoms with Crippen molar-refractivity contribution in [3.8, 4) is 0 Å². The standard InChI is InChI=1S/C11H20F2N2O.ClH/c12-10(13)7-16-6-5-15-4-2-11(9-15)1-3-14-8-11;/h10,14H,1-9H2;1H. The summed E-state index contributed by atoms with van der Waals surface area (Å²) in [7, 11) is 0. The molecule has 0 amide bonds. The van der Waals surface area contributed by atoms with Gasteiger partial charge in [-0.15, -0.1) is 12.4 Å². The molecule has 0 bridgehead atoms. The highest BCUT2D eigenvalue weighted by Crippen LogP contribution is 2.35. The highest BCUT2D eigenvalue weighted by Gasteiger charge is 2.39. The first-order valence-corrected chi connectivity index (χ1v) is 5.99. The highest BCUT2D eigenvalue weighted by atomic mass is 35.5. The van der Waals surface area contributed by atoms with Crippen molar-refractivity contribution in [1.82, 2.24) is 10.2 Å². The third-order valence-electron chi connectivity index (χ3n) is 3.65. The van der Waals surface area contributed by atoms with Crippen LogP contribution in [-0.4, -0.2) is 57.3 Å². The first kappa shape index (κ1) is 15.1. The summed E-state index contributed by atoms with van der Waals surface area (Å²) in [5, 5.41) is 3.40. The van der Waals surface area contributed by atoms with E-state index in [9.17, 15) is 8.78 Å². The average Bonchev–Trinajstić information content (AvgIpc) is 2.85. The molecule has 0 saturated carbocycles. The van der Waals surface area contributed by atoms with Gasteiger partial charge in [0.1, 0.15) is 6.61 Å². The average molecular weight is 271 g/mol. The van der Waals surface area contributed by atoms with Crippen molar-refractivity contribution in [3.05, 3.63) is 0 Å². The van der Waals surface area contributed by atoms with E-state index >= 15 is 0 Å². The van der Waals surface area contributed by atoms with E-state index < -0.39 is 13.0 Å². The molecule has 2 rings (SSSR count). The second-order valence-electron chi connectivity index (χ2n) is 4.92. The van der Waals surface area contributed by atoms with Gasteiger partial charge in [0.25, 0.3) is 6.43 Å². The van der Waals surface area contributed by atoms with Crippen molar-refractivity contribution in [2.45, 2.75) is 19.3 Å². The third kappa shape index (κ3) is 4.32. The molecule has 1 N–H and O–H groups in total. The summed E-state index contributed by atoms with van der Waals surface area (Å²) < 4.78 is 28.6. The monoisotopic (exact) mass is 270 g/mol. The minimum absolute atomic E-state index is 0. The second kappa shape index (κ2) is 6.83. The summed E-state index contributed by atoms with van der Waals surface area (Å²) in [6, 6.07) is 0. The molecule has 3 nitrogen and oxygen atoms in total. The molecule has 6 heteroatoms. The molecule has 0 aromatic heterocycles. The Hall–Kier alpha value is 0.0300. The van der Waals surface area contributed by atoms with Crippen molar-refractivity contribution >= 4 is 12.4 Å². The van der Waals surface area contributed by atoms with Crippen LogP contribution in [0.2, 0.25) is 0 Å². The summed E-state index contributed by atoms with van der Waals surface area (Å²) in [5.74, 6) is 0. The molecule has 2 saturated heterocycles. The predicted molar refractivity (Wildman–Crippen MR) is 65.0 cm³/mol. The van der Waals surface area contributed by atoms with Crippen LogP contribution < -0.4 is 5.32 Å². The van der Waals surface area contributed by atoms with E-state index in [0.717, 1.165) is 32.7 Å². The van der Waals surface area contributed by atoms with E-state index in [-0.39, 0.29) is 12.4 Å². The van der Waals surface area contributed by atoms with Gasteiger partial charge in [-0.3, -0.25) is 0 Å². The van der Waals surface area contributed by atoms with Crippen LogP contribution >= 0.6 is 12.4 Å². The number of rotatable bonds is 5. The van der Waals surface area contributed by atoms with Gasteiger partial charge in [-0.2, -0.15) is 0 Å². The fourth-order valence-corrected chi connectivity index (χ4v) is 2.73. The lowest BCUT2D eigenvalue weighted by atomic mass is 9.87. The summed E-state index contributed by atoms with van der Waals surface area (Å²) in [4.78, 5) is 2.33. The van der Waals surface area contributed by atoms with Crippen molar-refractivity contribution in [3.63, 3.8) is 0 Å². The number of hydrogen-bond acceptors (Lipinski definition) is 3. The number of likely N-dealkylation sites (tertiary alicyclic amines) is 1. The lowest BCUT2D eigenvalue weighted by Gasteiger charge is -2.22. The molecule has 0 aromatic rings. The van der Waals surface area contributed by atoms with Gasteiger partial charge in [0.15, 0.2) is 0 Å². The third-order valence-corrected chi connectivity index (χ3v) is 3.65. The van der Waals surface area contributed by atoms with Crippen LogP contribution in [0, 0.1) is 5.41 Å². The zero-order chi connectivity index (χ0) is 11.4. The van der Waals surface area contributed by atoms with Gasteiger partial charge >= 0.3 is 0 Å². The summed E-state index contributed by atoms with van der Waals surface area (Å²) >= 11 is 0. The fourth-order valence-electron chi connectivity index (χ4n) is 2.73. The Kier molecular flexibility index (Phi) is 6.06. The maximum atomic E-state index is 11.8. The number of hydrogen-bond donors (Lipinski definition) is 1. The Bertz CT molecular complexity index is 226. The maximum Gasteiger partial charge on any atom is 0.261 e. The van der Waals surface area contributed by atoms with E-state index in [4.69, 9.17) is 4.74 Å². The van der Waals surface area contributed by atoms with Crippen LogP contribution in [0.1, 0.15) is 12.8 Å². The van der Waals surface area contributed by atoms with Crippen LogP contribution in [0.25, 0.3) is 0 Å². The quantitative estimate of drug-likeness (QED) is 0.764.